The predicted octanol–water partition coefficient (Wildman–Crippen LogP) is 2.53. The summed E-state index contributed by atoms with van der Waals surface area (Å²) in [6.07, 6.45) is 0.440. The van der Waals surface area contributed by atoms with Crippen LogP contribution >= 0.6 is 0 Å². The van der Waals surface area contributed by atoms with E-state index in [4.69, 9.17) is 9.47 Å². The molecular formula is C18H15NO4. The summed E-state index contributed by atoms with van der Waals surface area (Å²) in [6, 6.07) is 15.8. The molecule has 0 fully saturated rings. The largest absolute Gasteiger partial charge is 0.427 e. The average molecular weight is 309 g/mol. The minimum atomic E-state index is -0.551. The molecular weight excluding hydrogens is 294 g/mol. The second-order valence-electron chi connectivity index (χ2n) is 5.18. The molecule has 5 heteroatoms. The molecule has 0 saturated heterocycles. The van der Waals surface area contributed by atoms with E-state index in [-0.39, 0.29) is 11.9 Å². The Balaban J connectivity index is 1.71. The van der Waals surface area contributed by atoms with E-state index in [2.05, 4.69) is 4.99 Å². The topological polar surface area (TPSA) is 65.0 Å². The smallest absolute Gasteiger partial charge is 0.338 e. The molecule has 1 heterocycles. The maximum atomic E-state index is 12.0. The van der Waals surface area contributed by atoms with E-state index < -0.39 is 6.04 Å². The summed E-state index contributed by atoms with van der Waals surface area (Å²) in [7, 11) is 0. The third kappa shape index (κ3) is 3.63. The summed E-state index contributed by atoms with van der Waals surface area (Å²) >= 11 is 0. The van der Waals surface area contributed by atoms with Gasteiger partial charge < -0.3 is 9.47 Å². The Hall–Kier alpha value is -2.95. The first-order valence-corrected chi connectivity index (χ1v) is 7.24. The molecule has 1 aliphatic heterocycles. The van der Waals surface area contributed by atoms with Crippen LogP contribution in [0.15, 0.2) is 59.6 Å². The molecule has 0 bridgehead atoms. The number of aliphatic imine (C=N–C) groups is 1. The SMILES string of the molecule is CC(=O)Oc1ccc(CC2N=C(c3ccccc3)OC2=O)cc1. The molecule has 1 atom stereocenters. The Morgan fingerprint density at radius 2 is 1.83 bits per heavy atom. The van der Waals surface area contributed by atoms with Gasteiger partial charge >= 0.3 is 11.9 Å². The fourth-order valence-corrected chi connectivity index (χ4v) is 2.31. The Kier molecular flexibility index (Phi) is 4.19. The third-order valence-electron chi connectivity index (χ3n) is 3.38. The Labute approximate surface area is 133 Å². The number of rotatable bonds is 4. The van der Waals surface area contributed by atoms with E-state index in [0.29, 0.717) is 18.1 Å². The Bertz CT molecular complexity index is 750. The van der Waals surface area contributed by atoms with Crippen molar-refractivity contribution < 1.29 is 19.1 Å². The van der Waals surface area contributed by atoms with Gasteiger partial charge in [-0.1, -0.05) is 30.3 Å². The van der Waals surface area contributed by atoms with Gasteiger partial charge in [0.25, 0.3) is 0 Å². The first-order valence-electron chi connectivity index (χ1n) is 7.24. The molecule has 0 N–H and O–H groups in total. The van der Waals surface area contributed by atoms with Gasteiger partial charge in [0.15, 0.2) is 6.04 Å². The first kappa shape index (κ1) is 15.0. The highest BCUT2D eigenvalue weighted by atomic mass is 16.6. The van der Waals surface area contributed by atoms with E-state index in [1.807, 2.05) is 42.5 Å². The van der Waals surface area contributed by atoms with Gasteiger partial charge in [0.1, 0.15) is 5.75 Å². The number of cyclic esters (lactones) is 1. The Morgan fingerprint density at radius 3 is 2.48 bits per heavy atom. The summed E-state index contributed by atoms with van der Waals surface area (Å²) in [4.78, 5) is 27.2. The molecule has 116 valence electrons. The van der Waals surface area contributed by atoms with E-state index in [0.717, 1.165) is 11.1 Å². The number of carbonyl (C=O) groups excluding carboxylic acids is 2. The molecule has 0 radical (unpaired) electrons. The van der Waals surface area contributed by atoms with Gasteiger partial charge in [-0.2, -0.15) is 0 Å². The second-order valence-corrected chi connectivity index (χ2v) is 5.18. The van der Waals surface area contributed by atoms with Crippen molar-refractivity contribution in [2.75, 3.05) is 0 Å². The molecule has 3 rings (SSSR count). The van der Waals surface area contributed by atoms with Gasteiger partial charge in [0.05, 0.1) is 0 Å². The number of ether oxygens (including phenoxy) is 2. The molecule has 1 unspecified atom stereocenters. The van der Waals surface area contributed by atoms with E-state index in [1.165, 1.54) is 6.92 Å². The van der Waals surface area contributed by atoms with Crippen LogP contribution < -0.4 is 4.74 Å². The van der Waals surface area contributed by atoms with Crippen molar-refractivity contribution in [3.05, 3.63) is 65.7 Å². The average Bonchev–Trinajstić information content (AvgIpc) is 2.91. The fourth-order valence-electron chi connectivity index (χ4n) is 2.31. The lowest BCUT2D eigenvalue weighted by Gasteiger charge is -2.05. The first-order chi connectivity index (χ1) is 11.1. The molecule has 0 amide bonds. The maximum absolute atomic E-state index is 12.0. The molecule has 0 aliphatic carbocycles. The van der Waals surface area contributed by atoms with Crippen molar-refractivity contribution in [2.45, 2.75) is 19.4 Å². The number of nitrogens with zero attached hydrogens (tertiary/aromatic N) is 1. The van der Waals surface area contributed by atoms with E-state index in [9.17, 15) is 9.59 Å². The Morgan fingerprint density at radius 1 is 1.13 bits per heavy atom. The van der Waals surface area contributed by atoms with Crippen molar-refractivity contribution in [1.29, 1.82) is 0 Å². The van der Waals surface area contributed by atoms with Gasteiger partial charge in [-0.25, -0.2) is 9.79 Å². The quantitative estimate of drug-likeness (QED) is 0.643. The standard InChI is InChI=1S/C18H15NO4/c1-12(20)22-15-9-7-13(8-10-15)11-16-18(21)23-17(19-16)14-5-3-2-4-6-14/h2-10,16H,11H2,1H3. The van der Waals surface area contributed by atoms with Crippen LogP contribution in [0.4, 0.5) is 0 Å². The lowest BCUT2D eigenvalue weighted by molar-refractivity contribution is -0.135. The van der Waals surface area contributed by atoms with E-state index in [1.54, 1.807) is 12.1 Å². The molecule has 0 saturated carbocycles. The van der Waals surface area contributed by atoms with Crippen molar-refractivity contribution >= 4 is 17.8 Å². The van der Waals surface area contributed by atoms with E-state index >= 15 is 0 Å². The fraction of sp³-hybridized carbons (Fsp3) is 0.167. The van der Waals surface area contributed by atoms with Crippen molar-refractivity contribution in [2.24, 2.45) is 4.99 Å². The van der Waals surface area contributed by atoms with Crippen LogP contribution in [0.3, 0.4) is 0 Å². The summed E-state index contributed by atoms with van der Waals surface area (Å²) in [6.45, 7) is 1.35. The van der Waals surface area contributed by atoms with Crippen molar-refractivity contribution in [3.63, 3.8) is 0 Å². The summed E-state index contributed by atoms with van der Waals surface area (Å²) in [5.74, 6) is 0.114. The van der Waals surface area contributed by atoms with Crippen LogP contribution in [0.1, 0.15) is 18.1 Å². The van der Waals surface area contributed by atoms with Crippen molar-refractivity contribution in [3.8, 4) is 5.75 Å². The zero-order valence-electron chi connectivity index (χ0n) is 12.6. The molecule has 1 aliphatic rings. The van der Waals surface area contributed by atoms with Crippen LogP contribution in [-0.2, 0) is 20.7 Å². The van der Waals surface area contributed by atoms with Gasteiger partial charge in [-0.3, -0.25) is 4.79 Å². The molecule has 23 heavy (non-hydrogen) atoms. The molecule has 0 spiro atoms. The van der Waals surface area contributed by atoms with Crippen LogP contribution in [0.2, 0.25) is 0 Å². The second kappa shape index (κ2) is 6.44. The number of hydrogen-bond donors (Lipinski definition) is 0. The molecule has 5 nitrogen and oxygen atoms in total. The van der Waals surface area contributed by atoms with Crippen molar-refractivity contribution in [1.82, 2.24) is 0 Å². The van der Waals surface area contributed by atoms with Gasteiger partial charge in [-0.15, -0.1) is 0 Å². The number of carbonyl (C=O) groups is 2. The highest BCUT2D eigenvalue weighted by Gasteiger charge is 2.29. The lowest BCUT2D eigenvalue weighted by Crippen LogP contribution is -2.17. The summed E-state index contributed by atoms with van der Waals surface area (Å²) in [5, 5.41) is 0. The third-order valence-corrected chi connectivity index (χ3v) is 3.38. The number of esters is 2. The predicted molar refractivity (Wildman–Crippen MR) is 84.3 cm³/mol. The summed E-state index contributed by atoms with van der Waals surface area (Å²) in [5.41, 5.74) is 1.70. The maximum Gasteiger partial charge on any atom is 0.338 e. The summed E-state index contributed by atoms with van der Waals surface area (Å²) < 4.78 is 10.2. The molecule has 0 aromatic heterocycles. The highest BCUT2D eigenvalue weighted by Crippen LogP contribution is 2.19. The van der Waals surface area contributed by atoms with Crippen LogP contribution in [-0.4, -0.2) is 23.9 Å². The zero-order valence-corrected chi connectivity index (χ0v) is 12.6. The zero-order chi connectivity index (χ0) is 16.2. The minimum absolute atomic E-state index is 0.354. The normalized spacial score (nSPS) is 16.7. The van der Waals surface area contributed by atoms with Crippen LogP contribution in [0.5, 0.6) is 5.75 Å². The van der Waals surface area contributed by atoms with Gasteiger partial charge in [0, 0.05) is 18.9 Å². The highest BCUT2D eigenvalue weighted by molar-refractivity contribution is 6.06. The minimum Gasteiger partial charge on any atom is -0.427 e. The van der Waals surface area contributed by atoms with Gasteiger partial charge in [-0.05, 0) is 29.8 Å². The molecule has 2 aromatic rings. The van der Waals surface area contributed by atoms with Crippen LogP contribution in [0, 0.1) is 0 Å². The van der Waals surface area contributed by atoms with Gasteiger partial charge in [0.2, 0.25) is 5.90 Å². The molecule has 2 aromatic carbocycles. The van der Waals surface area contributed by atoms with Crippen LogP contribution in [0.25, 0.3) is 0 Å². The number of benzene rings is 2. The lowest BCUT2D eigenvalue weighted by atomic mass is 10.1. The monoisotopic (exact) mass is 309 g/mol. The number of hydrogen-bond acceptors (Lipinski definition) is 5.